The summed E-state index contributed by atoms with van der Waals surface area (Å²) in [5, 5.41) is 0. The summed E-state index contributed by atoms with van der Waals surface area (Å²) in [6.45, 7) is 3.15. The molecule has 30 heavy (non-hydrogen) atoms. The van der Waals surface area contributed by atoms with Crippen molar-refractivity contribution in [1.29, 1.82) is 0 Å². The molecule has 0 heterocycles. The zero-order valence-corrected chi connectivity index (χ0v) is 20.1. The number of unbranched alkanes of at least 4 members (excludes halogenated alkanes) is 12. The molecule has 0 aromatic heterocycles. The van der Waals surface area contributed by atoms with Crippen molar-refractivity contribution < 1.29 is 4.74 Å². The molecule has 171 valence electrons. The second kappa shape index (κ2) is 17.7. The minimum atomic E-state index is 0.865. The first-order valence-electron chi connectivity index (χ1n) is 13.5. The van der Waals surface area contributed by atoms with Crippen LogP contribution in [0, 0.1) is 12.0 Å². The molecule has 1 aliphatic carbocycles. The molecule has 0 atom stereocenters. The third kappa shape index (κ3) is 12.0. The average Bonchev–Trinajstić information content (AvgIpc) is 3.29. The van der Waals surface area contributed by atoms with Gasteiger partial charge in [-0.05, 0) is 42.9 Å². The van der Waals surface area contributed by atoms with E-state index in [0.717, 1.165) is 24.7 Å². The van der Waals surface area contributed by atoms with Gasteiger partial charge in [0.1, 0.15) is 5.75 Å². The zero-order valence-electron chi connectivity index (χ0n) is 20.1. The minimum absolute atomic E-state index is 0.865. The molecule has 1 heteroatoms. The Kier molecular flexibility index (Phi) is 14.9. The highest BCUT2D eigenvalue weighted by Crippen LogP contribution is 2.29. The van der Waals surface area contributed by atoms with E-state index in [-0.39, 0.29) is 0 Å². The standard InChI is InChI=1S/C29H49O/c1-2-3-4-5-6-7-11-14-23-28-24-17-18-25-29(28)30-26-19-12-9-8-10-13-20-27-21-15-16-22-27/h17,24-25,27H,2-16,19-23,26H2,1H3. The third-order valence-electron chi connectivity index (χ3n) is 6.95. The molecular weight excluding hydrogens is 364 g/mol. The van der Waals surface area contributed by atoms with Crippen molar-refractivity contribution in [2.45, 2.75) is 135 Å². The Morgan fingerprint density at radius 3 is 2.17 bits per heavy atom. The van der Waals surface area contributed by atoms with Gasteiger partial charge in [0.2, 0.25) is 0 Å². The molecule has 1 aromatic rings. The van der Waals surface area contributed by atoms with Gasteiger partial charge in [0.25, 0.3) is 0 Å². The summed E-state index contributed by atoms with van der Waals surface area (Å²) < 4.78 is 6.12. The van der Waals surface area contributed by atoms with E-state index in [9.17, 15) is 0 Å². The van der Waals surface area contributed by atoms with Crippen LogP contribution in [0.25, 0.3) is 0 Å². The third-order valence-corrected chi connectivity index (χ3v) is 6.95. The fourth-order valence-corrected chi connectivity index (χ4v) is 4.96. The smallest absolute Gasteiger partial charge is 0.123 e. The van der Waals surface area contributed by atoms with E-state index in [1.807, 2.05) is 12.1 Å². The quantitative estimate of drug-likeness (QED) is 0.205. The number of benzene rings is 1. The van der Waals surface area contributed by atoms with Crippen LogP contribution in [0.3, 0.4) is 0 Å². The molecule has 0 aliphatic heterocycles. The molecule has 1 radical (unpaired) electrons. The molecule has 0 spiro atoms. The molecule has 1 fully saturated rings. The molecule has 1 nitrogen and oxygen atoms in total. The van der Waals surface area contributed by atoms with Crippen LogP contribution in [-0.2, 0) is 6.42 Å². The van der Waals surface area contributed by atoms with E-state index >= 15 is 0 Å². The van der Waals surface area contributed by atoms with Gasteiger partial charge in [0.15, 0.2) is 0 Å². The van der Waals surface area contributed by atoms with Crippen molar-refractivity contribution in [3.63, 3.8) is 0 Å². The van der Waals surface area contributed by atoms with Gasteiger partial charge in [-0.1, -0.05) is 128 Å². The molecule has 1 aliphatic rings. The number of hydrogen-bond donors (Lipinski definition) is 0. The Balaban J connectivity index is 1.45. The van der Waals surface area contributed by atoms with Crippen LogP contribution in [0.2, 0.25) is 0 Å². The Bertz CT molecular complexity index is 503. The highest BCUT2D eigenvalue weighted by Gasteiger charge is 2.13. The van der Waals surface area contributed by atoms with Gasteiger partial charge in [-0.2, -0.15) is 0 Å². The summed E-state index contributed by atoms with van der Waals surface area (Å²) in [5.74, 6) is 2.15. The average molecular weight is 414 g/mol. The largest absolute Gasteiger partial charge is 0.493 e. The van der Waals surface area contributed by atoms with Gasteiger partial charge >= 0.3 is 0 Å². The highest BCUT2D eigenvalue weighted by molar-refractivity contribution is 5.32. The van der Waals surface area contributed by atoms with Crippen LogP contribution in [0.4, 0.5) is 0 Å². The number of hydrogen-bond acceptors (Lipinski definition) is 1. The van der Waals surface area contributed by atoms with Crippen molar-refractivity contribution in [2.75, 3.05) is 6.61 Å². The topological polar surface area (TPSA) is 9.23 Å². The Hall–Kier alpha value is -0.980. The SMILES string of the molecule is CCCCCCCCCCc1cc[c]cc1OCCCCCCCCC1CCCC1. The van der Waals surface area contributed by atoms with E-state index < -0.39 is 0 Å². The van der Waals surface area contributed by atoms with Crippen molar-refractivity contribution in [3.8, 4) is 5.75 Å². The maximum absolute atomic E-state index is 6.12. The minimum Gasteiger partial charge on any atom is -0.493 e. The summed E-state index contributed by atoms with van der Waals surface area (Å²) >= 11 is 0. The maximum atomic E-state index is 6.12. The first-order valence-corrected chi connectivity index (χ1v) is 13.5. The maximum Gasteiger partial charge on any atom is 0.123 e. The van der Waals surface area contributed by atoms with Crippen LogP contribution < -0.4 is 4.74 Å². The van der Waals surface area contributed by atoms with E-state index in [4.69, 9.17) is 4.74 Å². The molecular formula is C29H49O. The highest BCUT2D eigenvalue weighted by atomic mass is 16.5. The van der Waals surface area contributed by atoms with E-state index in [1.165, 1.54) is 128 Å². The molecule has 0 bridgehead atoms. The molecule has 0 amide bonds. The molecule has 1 aromatic carbocycles. The molecule has 0 N–H and O–H groups in total. The normalized spacial score (nSPS) is 14.4. The fourth-order valence-electron chi connectivity index (χ4n) is 4.96. The second-order valence-corrected chi connectivity index (χ2v) is 9.67. The Labute approximate surface area is 188 Å². The summed E-state index contributed by atoms with van der Waals surface area (Å²) in [4.78, 5) is 0. The monoisotopic (exact) mass is 413 g/mol. The summed E-state index contributed by atoms with van der Waals surface area (Å²) in [6, 6.07) is 9.50. The predicted octanol–water partition coefficient (Wildman–Crippen LogP) is 9.47. The molecule has 1 saturated carbocycles. The van der Waals surface area contributed by atoms with E-state index in [0.29, 0.717) is 0 Å². The lowest BCUT2D eigenvalue weighted by Gasteiger charge is -2.11. The lowest BCUT2D eigenvalue weighted by atomic mass is 9.99. The van der Waals surface area contributed by atoms with Crippen LogP contribution >= 0.6 is 0 Å². The van der Waals surface area contributed by atoms with Crippen molar-refractivity contribution in [1.82, 2.24) is 0 Å². The van der Waals surface area contributed by atoms with E-state index in [2.05, 4.69) is 19.1 Å². The van der Waals surface area contributed by atoms with Gasteiger partial charge in [-0.3, -0.25) is 0 Å². The van der Waals surface area contributed by atoms with Crippen LogP contribution in [0.15, 0.2) is 18.2 Å². The van der Waals surface area contributed by atoms with Gasteiger partial charge < -0.3 is 4.74 Å². The Morgan fingerprint density at radius 1 is 0.800 bits per heavy atom. The van der Waals surface area contributed by atoms with Gasteiger partial charge in [-0.25, -0.2) is 0 Å². The van der Waals surface area contributed by atoms with Crippen LogP contribution in [-0.4, -0.2) is 6.61 Å². The fraction of sp³-hybridized carbons (Fsp3) is 0.793. The molecule has 2 rings (SSSR count). The summed E-state index contributed by atoms with van der Waals surface area (Å²) in [5.41, 5.74) is 1.38. The van der Waals surface area contributed by atoms with Gasteiger partial charge in [0, 0.05) is 0 Å². The predicted molar refractivity (Wildman–Crippen MR) is 131 cm³/mol. The number of rotatable bonds is 19. The van der Waals surface area contributed by atoms with Crippen LogP contribution in [0.1, 0.15) is 134 Å². The molecule has 0 unspecified atom stereocenters. The van der Waals surface area contributed by atoms with Gasteiger partial charge in [-0.15, -0.1) is 0 Å². The van der Waals surface area contributed by atoms with Crippen molar-refractivity contribution in [3.05, 3.63) is 29.8 Å². The second-order valence-electron chi connectivity index (χ2n) is 9.67. The number of ether oxygens (including phenoxy) is 1. The van der Waals surface area contributed by atoms with Crippen molar-refractivity contribution in [2.24, 2.45) is 5.92 Å². The lowest BCUT2D eigenvalue weighted by molar-refractivity contribution is 0.301. The number of aryl methyl sites for hydroxylation is 1. The molecule has 0 saturated heterocycles. The van der Waals surface area contributed by atoms with Crippen LogP contribution in [0.5, 0.6) is 5.75 Å². The zero-order chi connectivity index (χ0) is 21.1. The van der Waals surface area contributed by atoms with Crippen molar-refractivity contribution >= 4 is 0 Å². The Morgan fingerprint density at radius 2 is 1.43 bits per heavy atom. The first-order chi connectivity index (χ1) is 14.9. The van der Waals surface area contributed by atoms with Gasteiger partial charge in [0.05, 0.1) is 6.61 Å². The summed E-state index contributed by atoms with van der Waals surface area (Å²) in [6.07, 6.45) is 27.9. The first kappa shape index (κ1) is 25.3. The van der Waals surface area contributed by atoms with E-state index in [1.54, 1.807) is 0 Å². The lowest BCUT2D eigenvalue weighted by Crippen LogP contribution is -2.00. The summed E-state index contributed by atoms with van der Waals surface area (Å²) in [7, 11) is 0.